The molecule has 0 saturated carbocycles. The van der Waals surface area contributed by atoms with Crippen molar-refractivity contribution in [2.45, 2.75) is 30.7 Å². The largest absolute Gasteiger partial charge is 0.454 e. The monoisotopic (exact) mass is 286 g/mol. The predicted molar refractivity (Wildman–Crippen MR) is 64.8 cm³/mol. The van der Waals surface area contributed by atoms with Gasteiger partial charge in [0.25, 0.3) is 3.79 Å². The molecule has 3 nitrogen and oxygen atoms in total. The van der Waals surface area contributed by atoms with Crippen molar-refractivity contribution in [3.63, 3.8) is 0 Å². The van der Waals surface area contributed by atoms with E-state index in [4.69, 9.17) is 39.5 Å². The Morgan fingerprint density at radius 2 is 1.69 bits per heavy atom. The highest BCUT2D eigenvalue weighted by atomic mass is 35.6. The summed E-state index contributed by atoms with van der Waals surface area (Å²) in [6.45, 7) is 8.43. The molecule has 0 aliphatic carbocycles. The predicted octanol–water partition coefficient (Wildman–Crippen LogP) is 3.07. The van der Waals surface area contributed by atoms with Gasteiger partial charge >= 0.3 is 5.97 Å². The van der Waals surface area contributed by atoms with Crippen molar-refractivity contribution in [2.75, 3.05) is 0 Å². The van der Waals surface area contributed by atoms with Crippen molar-refractivity contribution >= 4 is 46.6 Å². The Hall–Kier alpha value is -0.250. The van der Waals surface area contributed by atoms with E-state index in [1.54, 1.807) is 13.8 Å². The van der Waals surface area contributed by atoms with Crippen LogP contribution in [0.15, 0.2) is 12.2 Å². The second kappa shape index (κ2) is 5.89. The van der Waals surface area contributed by atoms with E-state index in [9.17, 15) is 9.59 Å². The number of ketones is 1. The van der Waals surface area contributed by atoms with E-state index in [1.807, 2.05) is 0 Å². The van der Waals surface area contributed by atoms with Gasteiger partial charge in [-0.1, -0.05) is 55.2 Å². The number of hydrogen-bond donors (Lipinski definition) is 0. The normalized spacial score (nSPS) is 13.4. The Bertz CT molecular complexity index is 305. The molecule has 0 fully saturated rings. The van der Waals surface area contributed by atoms with Crippen molar-refractivity contribution in [2.24, 2.45) is 5.92 Å². The maximum Gasteiger partial charge on any atom is 0.359 e. The summed E-state index contributed by atoms with van der Waals surface area (Å²) >= 11 is 16.1. The van der Waals surface area contributed by atoms with Gasteiger partial charge < -0.3 is 4.74 Å². The molecule has 0 N–H and O–H groups in total. The number of esters is 1. The highest BCUT2D eigenvalue weighted by Gasteiger charge is 2.36. The zero-order valence-corrected chi connectivity index (χ0v) is 11.5. The van der Waals surface area contributed by atoms with Crippen LogP contribution < -0.4 is 0 Å². The smallest absolute Gasteiger partial charge is 0.359 e. The third-order valence-electron chi connectivity index (χ3n) is 1.87. The van der Waals surface area contributed by atoms with Crippen LogP contribution in [0, 0.1) is 5.92 Å². The van der Waals surface area contributed by atoms with Crippen LogP contribution in [0.4, 0.5) is 0 Å². The molecule has 0 bridgehead atoms. The second-order valence-corrected chi connectivity index (χ2v) is 5.93. The quantitative estimate of drug-likeness (QED) is 0.453. The Kier molecular flexibility index (Phi) is 5.80. The van der Waals surface area contributed by atoms with Crippen LogP contribution in [0.3, 0.4) is 0 Å². The average Bonchev–Trinajstić information content (AvgIpc) is 2.10. The van der Waals surface area contributed by atoms with Gasteiger partial charge in [0, 0.05) is 5.57 Å². The van der Waals surface area contributed by atoms with Crippen LogP contribution in [0.25, 0.3) is 0 Å². The summed E-state index contributed by atoms with van der Waals surface area (Å²) < 4.78 is 2.80. The van der Waals surface area contributed by atoms with Crippen LogP contribution in [0.2, 0.25) is 0 Å². The molecule has 0 radical (unpaired) electrons. The molecule has 0 rings (SSSR count). The standard InChI is InChI=1S/C10H13Cl3O3/c1-5(2)8(6(3)7(4)14)16-9(15)10(11,12)13/h5,8H,3H2,1-2,4H3. The molecule has 0 aromatic rings. The van der Waals surface area contributed by atoms with Gasteiger partial charge in [-0.15, -0.1) is 0 Å². The first-order valence-electron chi connectivity index (χ1n) is 4.55. The van der Waals surface area contributed by atoms with E-state index in [1.165, 1.54) is 6.92 Å². The molecule has 92 valence electrons. The lowest BCUT2D eigenvalue weighted by Crippen LogP contribution is -2.33. The number of alkyl halides is 3. The van der Waals surface area contributed by atoms with Gasteiger partial charge in [-0.25, -0.2) is 4.79 Å². The van der Waals surface area contributed by atoms with Crippen LogP contribution in [-0.2, 0) is 14.3 Å². The molecular weight excluding hydrogens is 274 g/mol. The molecule has 0 aromatic heterocycles. The SMILES string of the molecule is C=C(C(C)=O)C(OC(=O)C(Cl)(Cl)Cl)C(C)C. The number of rotatable bonds is 4. The van der Waals surface area contributed by atoms with E-state index in [0.29, 0.717) is 0 Å². The summed E-state index contributed by atoms with van der Waals surface area (Å²) in [5.74, 6) is -1.41. The molecule has 0 spiro atoms. The Balaban J connectivity index is 4.79. The minimum Gasteiger partial charge on any atom is -0.454 e. The molecule has 16 heavy (non-hydrogen) atoms. The fourth-order valence-electron chi connectivity index (χ4n) is 0.992. The first kappa shape index (κ1) is 15.8. The average molecular weight is 288 g/mol. The number of halogens is 3. The minimum atomic E-state index is -2.15. The van der Waals surface area contributed by atoms with Gasteiger partial charge in [0.1, 0.15) is 6.10 Å². The molecule has 0 aromatic carbocycles. The number of Topliss-reactive ketones (excluding diaryl/α,β-unsaturated/α-hetero) is 1. The number of ether oxygens (including phenoxy) is 1. The van der Waals surface area contributed by atoms with Crippen LogP contribution in [0.1, 0.15) is 20.8 Å². The fraction of sp³-hybridized carbons (Fsp3) is 0.600. The van der Waals surface area contributed by atoms with Crippen LogP contribution >= 0.6 is 34.8 Å². The van der Waals surface area contributed by atoms with Crippen molar-refractivity contribution in [1.82, 2.24) is 0 Å². The fourth-order valence-corrected chi connectivity index (χ4v) is 1.13. The van der Waals surface area contributed by atoms with E-state index < -0.39 is 15.9 Å². The van der Waals surface area contributed by atoms with Gasteiger partial charge in [-0.05, 0) is 12.8 Å². The lowest BCUT2D eigenvalue weighted by molar-refractivity contribution is -0.148. The summed E-state index contributed by atoms with van der Waals surface area (Å²) in [5.41, 5.74) is 0.178. The third kappa shape index (κ3) is 4.73. The summed E-state index contributed by atoms with van der Waals surface area (Å²) in [6.07, 6.45) is -0.777. The van der Waals surface area contributed by atoms with Gasteiger partial charge in [-0.3, -0.25) is 4.79 Å². The van der Waals surface area contributed by atoms with Crippen molar-refractivity contribution in [3.05, 3.63) is 12.2 Å². The zero-order valence-electron chi connectivity index (χ0n) is 9.22. The lowest BCUT2D eigenvalue weighted by Gasteiger charge is -2.23. The maximum absolute atomic E-state index is 11.3. The van der Waals surface area contributed by atoms with Crippen LogP contribution in [-0.4, -0.2) is 21.6 Å². The maximum atomic E-state index is 11.3. The summed E-state index contributed by atoms with van der Waals surface area (Å²) in [5, 5.41) is 0. The lowest BCUT2D eigenvalue weighted by atomic mass is 9.97. The molecule has 0 saturated heterocycles. The number of carbonyl (C=O) groups excluding carboxylic acids is 2. The molecule has 0 aliphatic rings. The molecule has 1 unspecified atom stereocenters. The van der Waals surface area contributed by atoms with Gasteiger partial charge in [0.2, 0.25) is 0 Å². The van der Waals surface area contributed by atoms with Crippen molar-refractivity contribution in [1.29, 1.82) is 0 Å². The summed E-state index contributed by atoms with van der Waals surface area (Å²) in [4.78, 5) is 22.5. The first-order valence-corrected chi connectivity index (χ1v) is 5.68. The molecule has 0 heterocycles. The first-order chi connectivity index (χ1) is 7.07. The van der Waals surface area contributed by atoms with Crippen molar-refractivity contribution in [3.8, 4) is 0 Å². The van der Waals surface area contributed by atoms with E-state index in [2.05, 4.69) is 6.58 Å². The number of carbonyl (C=O) groups is 2. The zero-order chi connectivity index (χ0) is 13.1. The second-order valence-electron chi connectivity index (χ2n) is 3.65. The highest BCUT2D eigenvalue weighted by Crippen LogP contribution is 2.29. The van der Waals surface area contributed by atoms with E-state index in [-0.39, 0.29) is 17.3 Å². The van der Waals surface area contributed by atoms with E-state index >= 15 is 0 Å². The Labute approximate surface area is 110 Å². The summed E-state index contributed by atoms with van der Waals surface area (Å²) in [6, 6.07) is 0. The molecule has 6 heteroatoms. The topological polar surface area (TPSA) is 43.4 Å². The highest BCUT2D eigenvalue weighted by molar-refractivity contribution is 6.75. The Morgan fingerprint density at radius 1 is 1.25 bits per heavy atom. The van der Waals surface area contributed by atoms with Gasteiger partial charge in [-0.2, -0.15) is 0 Å². The van der Waals surface area contributed by atoms with E-state index in [0.717, 1.165) is 0 Å². The van der Waals surface area contributed by atoms with Gasteiger partial charge in [0.15, 0.2) is 5.78 Å². The van der Waals surface area contributed by atoms with Crippen molar-refractivity contribution < 1.29 is 14.3 Å². The molecule has 0 aliphatic heterocycles. The van der Waals surface area contributed by atoms with Gasteiger partial charge in [0.05, 0.1) is 0 Å². The minimum absolute atomic E-state index is 0.132. The third-order valence-corrected chi connectivity index (χ3v) is 2.33. The molecular formula is C10H13Cl3O3. The molecule has 0 amide bonds. The Morgan fingerprint density at radius 3 is 1.94 bits per heavy atom. The number of hydrogen-bond acceptors (Lipinski definition) is 3. The summed E-state index contributed by atoms with van der Waals surface area (Å²) in [7, 11) is 0. The van der Waals surface area contributed by atoms with Crippen LogP contribution in [0.5, 0.6) is 0 Å². The molecule has 1 atom stereocenters.